The fourth-order valence-electron chi connectivity index (χ4n) is 3.53. The third-order valence-electron chi connectivity index (χ3n) is 4.79. The van der Waals surface area contributed by atoms with Gasteiger partial charge in [-0.2, -0.15) is 0 Å². The van der Waals surface area contributed by atoms with Gasteiger partial charge in [0.25, 0.3) is 0 Å². The predicted octanol–water partition coefficient (Wildman–Crippen LogP) is 5.60. The van der Waals surface area contributed by atoms with Crippen molar-refractivity contribution in [3.63, 3.8) is 0 Å². The maximum absolute atomic E-state index is 11.8. The molecule has 3 aromatic rings. The zero-order chi connectivity index (χ0) is 21.3. The van der Waals surface area contributed by atoms with E-state index in [2.05, 4.69) is 4.98 Å². The Kier molecular flexibility index (Phi) is 6.11. The molecular weight excluding hydrogens is 443 g/mol. The zero-order valence-corrected chi connectivity index (χ0v) is 18.5. The fraction of sp³-hybridized carbons (Fsp3) is 0.273. The Balaban J connectivity index is 1.63. The number of aromatic amines is 1. The number of H-pyrrole nitrogens is 1. The van der Waals surface area contributed by atoms with Crippen molar-refractivity contribution in [2.75, 3.05) is 5.75 Å². The molecule has 1 fully saturated rings. The molecule has 1 aromatic heterocycles. The van der Waals surface area contributed by atoms with Gasteiger partial charge in [0.05, 0.1) is 23.4 Å². The molecule has 0 bridgehead atoms. The molecule has 8 heteroatoms. The lowest BCUT2D eigenvalue weighted by Crippen LogP contribution is -2.41. The maximum atomic E-state index is 11.8. The van der Waals surface area contributed by atoms with Gasteiger partial charge in [0.1, 0.15) is 6.10 Å². The van der Waals surface area contributed by atoms with Crippen LogP contribution in [0.2, 0.25) is 10.0 Å². The highest BCUT2D eigenvalue weighted by Crippen LogP contribution is 2.35. The average Bonchev–Trinajstić information content (AvgIpc) is 3.09. The smallest absolute Gasteiger partial charge is 0.309 e. The second kappa shape index (κ2) is 8.63. The van der Waals surface area contributed by atoms with E-state index < -0.39 is 5.60 Å². The van der Waals surface area contributed by atoms with E-state index >= 15 is 0 Å². The highest BCUT2D eigenvalue weighted by Gasteiger charge is 2.36. The second-order valence-corrected chi connectivity index (χ2v) is 9.47. The highest BCUT2D eigenvalue weighted by atomic mass is 35.5. The molecule has 1 aliphatic heterocycles. The molecular formula is C22H20Cl2N2O3S. The van der Waals surface area contributed by atoms with E-state index in [1.54, 1.807) is 6.92 Å². The number of benzene rings is 2. The highest BCUT2D eigenvalue weighted by molar-refractivity contribution is 7.99. The number of carbonyl (C=O) groups excluding carboxylic acids is 1. The van der Waals surface area contributed by atoms with Crippen molar-refractivity contribution >= 4 is 40.9 Å². The molecule has 0 aliphatic carbocycles. The Labute approximate surface area is 188 Å². The Hall–Kier alpha value is -1.99. The summed E-state index contributed by atoms with van der Waals surface area (Å²) in [6, 6.07) is 15.0. The van der Waals surface area contributed by atoms with Crippen LogP contribution in [0.1, 0.15) is 19.8 Å². The van der Waals surface area contributed by atoms with Crippen molar-refractivity contribution in [3.05, 3.63) is 58.6 Å². The quantitative estimate of drug-likeness (QED) is 0.381. The molecule has 2 aromatic carbocycles. The monoisotopic (exact) mass is 462 g/mol. The van der Waals surface area contributed by atoms with E-state index in [4.69, 9.17) is 32.9 Å². The van der Waals surface area contributed by atoms with Gasteiger partial charge in [0.15, 0.2) is 5.16 Å². The first-order chi connectivity index (χ1) is 14.3. The van der Waals surface area contributed by atoms with Crippen LogP contribution in [0.3, 0.4) is 0 Å². The minimum Gasteiger partial charge on any atom is -0.461 e. The number of nitrogens with one attached hydrogen (secondary N) is 1. The molecule has 2 N–H and O–H groups in total. The Bertz CT molecular complexity index is 1020. The molecule has 4 rings (SSSR count). The number of aromatic nitrogens is 2. The predicted molar refractivity (Wildman–Crippen MR) is 120 cm³/mol. The minimum absolute atomic E-state index is 0.0206. The van der Waals surface area contributed by atoms with Crippen molar-refractivity contribution in [3.8, 4) is 22.5 Å². The Morgan fingerprint density at radius 2 is 1.87 bits per heavy atom. The van der Waals surface area contributed by atoms with Crippen LogP contribution in [0.25, 0.3) is 22.5 Å². The molecule has 0 spiro atoms. The van der Waals surface area contributed by atoms with Crippen molar-refractivity contribution in [1.82, 2.24) is 9.97 Å². The molecule has 30 heavy (non-hydrogen) atoms. The summed E-state index contributed by atoms with van der Waals surface area (Å²) in [6.45, 7) is 1.66. The van der Waals surface area contributed by atoms with Crippen LogP contribution < -0.4 is 0 Å². The lowest BCUT2D eigenvalue weighted by atomic mass is 9.93. The van der Waals surface area contributed by atoms with E-state index in [1.165, 1.54) is 11.8 Å². The van der Waals surface area contributed by atoms with Gasteiger partial charge in [-0.1, -0.05) is 59.2 Å². The molecule has 2 heterocycles. The summed E-state index contributed by atoms with van der Waals surface area (Å²) in [5, 5.41) is 12.2. The average molecular weight is 463 g/mol. The molecule has 156 valence electrons. The molecule has 0 amide bonds. The molecule has 1 unspecified atom stereocenters. The summed E-state index contributed by atoms with van der Waals surface area (Å²) in [5.74, 6) is 0.106. The SMILES string of the molecule is CC1(O)CC(=O)O[C@@H](CSc2nc(-c3cccc(Cl)c3)c(-c3cccc(Cl)c3)[nH]2)C1. The van der Waals surface area contributed by atoms with Crippen LogP contribution in [0.4, 0.5) is 0 Å². The number of ether oxygens (including phenoxy) is 1. The number of hydrogen-bond donors (Lipinski definition) is 2. The summed E-state index contributed by atoms with van der Waals surface area (Å²) in [4.78, 5) is 19.9. The van der Waals surface area contributed by atoms with Gasteiger partial charge in [-0.25, -0.2) is 4.98 Å². The first-order valence-corrected chi connectivity index (χ1v) is 11.2. The summed E-state index contributed by atoms with van der Waals surface area (Å²) in [7, 11) is 0. The largest absolute Gasteiger partial charge is 0.461 e. The Morgan fingerprint density at radius 1 is 1.20 bits per heavy atom. The number of imidazole rings is 1. The van der Waals surface area contributed by atoms with Crippen molar-refractivity contribution in [1.29, 1.82) is 0 Å². The van der Waals surface area contributed by atoms with Gasteiger partial charge >= 0.3 is 5.97 Å². The summed E-state index contributed by atoms with van der Waals surface area (Å²) < 4.78 is 5.39. The number of esters is 1. The first-order valence-electron chi connectivity index (χ1n) is 9.46. The lowest BCUT2D eigenvalue weighted by molar-refractivity contribution is -0.165. The number of hydrogen-bond acceptors (Lipinski definition) is 5. The molecule has 1 saturated heterocycles. The maximum Gasteiger partial charge on any atom is 0.309 e. The number of nitrogens with zero attached hydrogens (tertiary/aromatic N) is 1. The van der Waals surface area contributed by atoms with E-state index in [0.29, 0.717) is 27.4 Å². The van der Waals surface area contributed by atoms with Crippen LogP contribution in [-0.2, 0) is 9.53 Å². The van der Waals surface area contributed by atoms with Crippen LogP contribution in [-0.4, -0.2) is 38.5 Å². The van der Waals surface area contributed by atoms with E-state index in [9.17, 15) is 9.90 Å². The van der Waals surface area contributed by atoms with Gasteiger partial charge in [0.2, 0.25) is 0 Å². The topological polar surface area (TPSA) is 75.2 Å². The molecule has 2 atom stereocenters. The number of aliphatic hydroxyl groups is 1. The van der Waals surface area contributed by atoms with E-state index in [1.807, 2.05) is 48.5 Å². The molecule has 0 radical (unpaired) electrons. The minimum atomic E-state index is -1.04. The van der Waals surface area contributed by atoms with Crippen LogP contribution >= 0.6 is 35.0 Å². The van der Waals surface area contributed by atoms with E-state index in [0.717, 1.165) is 22.5 Å². The van der Waals surface area contributed by atoms with Crippen molar-refractivity contribution < 1.29 is 14.6 Å². The van der Waals surface area contributed by atoms with Gasteiger partial charge in [0, 0.05) is 33.3 Å². The number of rotatable bonds is 5. The standard InChI is InChI=1S/C22H20Cl2N2O3S/c1-22(28)10-17(29-18(27)11-22)12-30-21-25-19(13-4-2-6-15(23)8-13)20(26-21)14-5-3-7-16(24)9-14/h2-9,17,28H,10-12H2,1H3,(H,25,26)/t17-,22?/m1/s1. The van der Waals surface area contributed by atoms with Crippen LogP contribution in [0.5, 0.6) is 0 Å². The van der Waals surface area contributed by atoms with Gasteiger partial charge in [-0.05, 0) is 31.2 Å². The van der Waals surface area contributed by atoms with Gasteiger partial charge in [-0.3, -0.25) is 4.79 Å². The summed E-state index contributed by atoms with van der Waals surface area (Å²) in [6.07, 6.45) is 0.0437. The first kappa shape index (κ1) is 21.2. The number of halogens is 2. The summed E-state index contributed by atoms with van der Waals surface area (Å²) in [5.41, 5.74) is 2.34. The zero-order valence-electron chi connectivity index (χ0n) is 16.2. The third-order valence-corrected chi connectivity index (χ3v) is 6.27. The van der Waals surface area contributed by atoms with Crippen LogP contribution in [0.15, 0.2) is 53.7 Å². The molecule has 0 saturated carbocycles. The van der Waals surface area contributed by atoms with Gasteiger partial charge in [-0.15, -0.1) is 0 Å². The lowest BCUT2D eigenvalue weighted by Gasteiger charge is -2.32. The van der Waals surface area contributed by atoms with Crippen molar-refractivity contribution in [2.24, 2.45) is 0 Å². The Morgan fingerprint density at radius 3 is 2.53 bits per heavy atom. The van der Waals surface area contributed by atoms with E-state index in [-0.39, 0.29) is 18.5 Å². The molecule has 1 aliphatic rings. The number of carbonyl (C=O) groups is 1. The third kappa shape index (κ3) is 5.01. The molecule has 5 nitrogen and oxygen atoms in total. The number of thioether (sulfide) groups is 1. The van der Waals surface area contributed by atoms with Gasteiger partial charge < -0.3 is 14.8 Å². The van der Waals surface area contributed by atoms with Crippen molar-refractivity contribution in [2.45, 2.75) is 36.6 Å². The normalized spacial score (nSPS) is 21.5. The van der Waals surface area contributed by atoms with Crippen LogP contribution in [0, 0.1) is 0 Å². The fourth-order valence-corrected chi connectivity index (χ4v) is 4.77. The number of cyclic esters (lactones) is 1. The second-order valence-electron chi connectivity index (χ2n) is 7.59. The summed E-state index contributed by atoms with van der Waals surface area (Å²) >= 11 is 13.8.